The molecule has 1 aliphatic carbocycles. The number of carbonyl (C=O) groups excluding carboxylic acids is 1. The van der Waals surface area contributed by atoms with Gasteiger partial charge >= 0.3 is 0 Å². The van der Waals surface area contributed by atoms with Crippen molar-refractivity contribution in [3.8, 4) is 11.1 Å². The molecule has 1 unspecified atom stereocenters. The molecule has 2 aromatic rings. The fraction of sp³-hybridized carbons (Fsp3) is 0.414. The highest BCUT2D eigenvalue weighted by Gasteiger charge is 2.23. The van der Waals surface area contributed by atoms with Crippen LogP contribution in [0.15, 0.2) is 52.5 Å². The Morgan fingerprint density at radius 3 is 2.49 bits per heavy atom. The lowest BCUT2D eigenvalue weighted by Gasteiger charge is -2.22. The van der Waals surface area contributed by atoms with Gasteiger partial charge in [0.2, 0.25) is 0 Å². The average molecular weight is 473 g/mol. The summed E-state index contributed by atoms with van der Waals surface area (Å²) in [6.45, 7) is 6.22. The summed E-state index contributed by atoms with van der Waals surface area (Å²) in [7, 11) is 0. The van der Waals surface area contributed by atoms with Crippen LogP contribution in [0.5, 0.6) is 0 Å². The van der Waals surface area contributed by atoms with E-state index in [4.69, 9.17) is 5.41 Å². The topological polar surface area (TPSA) is 97.6 Å². The van der Waals surface area contributed by atoms with Crippen LogP contribution in [0.4, 0.5) is 5.69 Å². The predicted molar refractivity (Wildman–Crippen MR) is 144 cm³/mol. The van der Waals surface area contributed by atoms with Crippen molar-refractivity contribution in [2.24, 2.45) is 4.99 Å². The molecular weight excluding hydrogens is 436 g/mol. The largest absolute Gasteiger partial charge is 0.382 e. The van der Waals surface area contributed by atoms with E-state index in [1.54, 1.807) is 0 Å². The van der Waals surface area contributed by atoms with Gasteiger partial charge in [0.15, 0.2) is 6.23 Å². The van der Waals surface area contributed by atoms with E-state index in [9.17, 15) is 9.90 Å². The SMILES string of the molecule is CCc1ccc(-c2cc(NC3CCCC3)c(C=N)c(C(=O)NCC3=C(C)CC(C)=NC3O)c2)cc1. The summed E-state index contributed by atoms with van der Waals surface area (Å²) >= 11 is 0. The number of dihydropyridines is 1. The van der Waals surface area contributed by atoms with Crippen molar-refractivity contribution in [1.29, 1.82) is 5.41 Å². The van der Waals surface area contributed by atoms with Crippen LogP contribution in [-0.2, 0) is 6.42 Å². The first kappa shape index (κ1) is 24.9. The zero-order chi connectivity index (χ0) is 24.9. The molecule has 1 atom stereocenters. The summed E-state index contributed by atoms with van der Waals surface area (Å²) < 4.78 is 0. The predicted octanol–water partition coefficient (Wildman–Crippen LogP) is 5.50. The third-order valence-corrected chi connectivity index (χ3v) is 7.14. The van der Waals surface area contributed by atoms with E-state index < -0.39 is 6.23 Å². The third kappa shape index (κ3) is 5.70. The minimum atomic E-state index is -0.922. The molecule has 184 valence electrons. The van der Waals surface area contributed by atoms with E-state index in [1.807, 2.05) is 19.9 Å². The number of amides is 1. The maximum Gasteiger partial charge on any atom is 0.252 e. The van der Waals surface area contributed by atoms with E-state index in [1.165, 1.54) is 24.6 Å². The van der Waals surface area contributed by atoms with Crippen LogP contribution in [0.2, 0.25) is 0 Å². The van der Waals surface area contributed by atoms with Gasteiger partial charge in [-0.3, -0.25) is 9.79 Å². The average Bonchev–Trinajstić information content (AvgIpc) is 3.36. The highest BCUT2D eigenvalue weighted by atomic mass is 16.3. The Hall–Kier alpha value is -3.25. The first-order chi connectivity index (χ1) is 16.9. The molecule has 1 aliphatic heterocycles. The van der Waals surface area contributed by atoms with Crippen LogP contribution in [0.3, 0.4) is 0 Å². The van der Waals surface area contributed by atoms with Gasteiger partial charge in [-0.1, -0.05) is 49.6 Å². The molecule has 4 N–H and O–H groups in total. The fourth-order valence-corrected chi connectivity index (χ4v) is 5.07. The van der Waals surface area contributed by atoms with Crippen molar-refractivity contribution in [2.45, 2.75) is 71.6 Å². The second-order valence-electron chi connectivity index (χ2n) is 9.71. The van der Waals surface area contributed by atoms with E-state index in [2.05, 4.69) is 52.9 Å². The van der Waals surface area contributed by atoms with Crippen LogP contribution in [0.1, 0.15) is 74.4 Å². The molecule has 1 saturated carbocycles. The Morgan fingerprint density at radius 1 is 1.14 bits per heavy atom. The number of hydrogen-bond donors (Lipinski definition) is 4. The quantitative estimate of drug-likeness (QED) is 0.302. The number of hydrogen-bond acceptors (Lipinski definition) is 5. The van der Waals surface area contributed by atoms with Gasteiger partial charge in [0.1, 0.15) is 0 Å². The van der Waals surface area contributed by atoms with Gasteiger partial charge in [-0.05, 0) is 67.5 Å². The summed E-state index contributed by atoms with van der Waals surface area (Å²) in [5.74, 6) is -0.260. The van der Waals surface area contributed by atoms with Crippen molar-refractivity contribution in [3.63, 3.8) is 0 Å². The minimum absolute atomic E-state index is 0.223. The Balaban J connectivity index is 1.67. The Morgan fingerprint density at radius 2 is 1.86 bits per heavy atom. The summed E-state index contributed by atoms with van der Waals surface area (Å²) in [5.41, 5.74) is 7.77. The molecule has 0 radical (unpaired) electrons. The molecule has 6 heteroatoms. The summed E-state index contributed by atoms with van der Waals surface area (Å²) in [5, 5.41) is 25.1. The number of nitrogens with zero attached hydrogens (tertiary/aromatic N) is 1. The molecule has 1 heterocycles. The highest BCUT2D eigenvalue weighted by molar-refractivity contribution is 6.06. The number of carbonyl (C=O) groups is 1. The molecule has 1 amide bonds. The fourth-order valence-electron chi connectivity index (χ4n) is 5.07. The van der Waals surface area contributed by atoms with Gasteiger partial charge in [0.25, 0.3) is 5.91 Å². The third-order valence-electron chi connectivity index (χ3n) is 7.14. The van der Waals surface area contributed by atoms with Crippen molar-refractivity contribution < 1.29 is 9.90 Å². The number of benzene rings is 2. The second-order valence-corrected chi connectivity index (χ2v) is 9.71. The Kier molecular flexibility index (Phi) is 7.81. The van der Waals surface area contributed by atoms with Crippen LogP contribution in [0, 0.1) is 5.41 Å². The van der Waals surface area contributed by atoms with Gasteiger partial charge < -0.3 is 21.1 Å². The maximum absolute atomic E-state index is 13.4. The lowest BCUT2D eigenvalue weighted by Crippen LogP contribution is -2.32. The van der Waals surface area contributed by atoms with Gasteiger partial charge in [-0.15, -0.1) is 0 Å². The van der Waals surface area contributed by atoms with Crippen molar-refractivity contribution in [2.75, 3.05) is 11.9 Å². The second kappa shape index (κ2) is 11.0. The molecule has 0 bridgehead atoms. The van der Waals surface area contributed by atoms with Crippen molar-refractivity contribution in [3.05, 3.63) is 64.2 Å². The van der Waals surface area contributed by atoms with Crippen molar-refractivity contribution in [1.82, 2.24) is 5.32 Å². The Bertz CT molecular complexity index is 1160. The van der Waals surface area contributed by atoms with E-state index >= 15 is 0 Å². The number of aryl methyl sites for hydroxylation is 1. The van der Waals surface area contributed by atoms with E-state index in [-0.39, 0.29) is 12.5 Å². The molecule has 0 saturated heterocycles. The van der Waals surface area contributed by atoms with Crippen LogP contribution in [0.25, 0.3) is 11.1 Å². The van der Waals surface area contributed by atoms with Gasteiger partial charge in [-0.25, -0.2) is 0 Å². The number of nitrogens with one attached hydrogen (secondary N) is 3. The number of rotatable bonds is 8. The van der Waals surface area contributed by atoms with E-state index in [0.29, 0.717) is 23.6 Å². The molecule has 0 spiro atoms. The number of anilines is 1. The molecule has 2 aliphatic rings. The smallest absolute Gasteiger partial charge is 0.252 e. The monoisotopic (exact) mass is 472 g/mol. The molecule has 4 rings (SSSR count). The molecule has 0 aromatic heterocycles. The molecule has 2 aromatic carbocycles. The maximum atomic E-state index is 13.4. The lowest BCUT2D eigenvalue weighted by molar-refractivity contribution is 0.0954. The van der Waals surface area contributed by atoms with E-state index in [0.717, 1.165) is 52.9 Å². The minimum Gasteiger partial charge on any atom is -0.382 e. The first-order valence-corrected chi connectivity index (χ1v) is 12.6. The molecule has 35 heavy (non-hydrogen) atoms. The van der Waals surface area contributed by atoms with Gasteiger partial charge in [-0.2, -0.15) is 0 Å². The highest BCUT2D eigenvalue weighted by Crippen LogP contribution is 2.31. The van der Waals surface area contributed by atoms with Crippen LogP contribution in [-0.4, -0.2) is 41.8 Å². The van der Waals surface area contributed by atoms with Crippen LogP contribution < -0.4 is 10.6 Å². The van der Waals surface area contributed by atoms with Gasteiger partial charge in [0.05, 0.1) is 5.56 Å². The Labute approximate surface area is 208 Å². The zero-order valence-corrected chi connectivity index (χ0v) is 20.9. The molecule has 6 nitrogen and oxygen atoms in total. The summed E-state index contributed by atoms with van der Waals surface area (Å²) in [6, 6.07) is 12.7. The first-order valence-electron chi connectivity index (χ1n) is 12.6. The van der Waals surface area contributed by atoms with Crippen LogP contribution >= 0.6 is 0 Å². The number of aliphatic imine (C=N–C) groups is 1. The standard InChI is InChI=1S/C29H36N4O2/c1-4-20-9-11-21(12-10-20)22-14-24(25(16-30)27(15-22)33-23-7-5-6-8-23)28(34)31-17-26-18(2)13-19(3)32-29(26)35/h9-12,14-16,23,29-30,33,35H,4-8,13,17H2,1-3H3,(H,31,34). The summed E-state index contributed by atoms with van der Waals surface area (Å²) in [4.78, 5) is 17.7. The van der Waals surface area contributed by atoms with Crippen molar-refractivity contribution >= 4 is 23.5 Å². The molecule has 1 fully saturated rings. The zero-order valence-electron chi connectivity index (χ0n) is 20.9. The van der Waals surface area contributed by atoms with Gasteiger partial charge in [0, 0.05) is 42.2 Å². The lowest BCUT2D eigenvalue weighted by atomic mass is 9.95. The summed E-state index contributed by atoms with van der Waals surface area (Å²) in [6.07, 6.45) is 6.61. The number of allylic oxidation sites excluding steroid dienone is 1. The number of aliphatic hydroxyl groups excluding tert-OH is 1. The number of aliphatic hydroxyl groups is 1. The molecular formula is C29H36N4O2. The normalized spacial score (nSPS) is 18.4.